The van der Waals surface area contributed by atoms with Crippen LogP contribution in [-0.2, 0) is 0 Å². The van der Waals surface area contributed by atoms with Crippen molar-refractivity contribution in [2.45, 2.75) is 0 Å². The zero-order valence-electron chi connectivity index (χ0n) is 7.95. The van der Waals surface area contributed by atoms with Gasteiger partial charge in [0.05, 0.1) is 5.52 Å². The molecule has 2 N–H and O–H groups in total. The van der Waals surface area contributed by atoms with Gasteiger partial charge >= 0.3 is 0 Å². The fourth-order valence-electron chi connectivity index (χ4n) is 1.58. The average molecular weight is 235 g/mol. The predicted octanol–water partition coefficient (Wildman–Crippen LogP) is 3.02. The summed E-state index contributed by atoms with van der Waals surface area (Å²) < 4.78 is 18.5. The van der Waals surface area contributed by atoms with Crippen molar-refractivity contribution in [3.05, 3.63) is 34.9 Å². The molecule has 2 aromatic heterocycles. The Morgan fingerprint density at radius 3 is 2.94 bits per heavy atom. The molecular weight excluding hydrogens is 229 g/mol. The van der Waals surface area contributed by atoms with Crippen LogP contribution in [0, 0.1) is 10.7 Å². The first-order valence-electron chi connectivity index (χ1n) is 4.57. The highest BCUT2D eigenvalue weighted by atomic mass is 32.1. The number of aromatic nitrogens is 3. The maximum absolute atomic E-state index is 13.4. The summed E-state index contributed by atoms with van der Waals surface area (Å²) in [6.45, 7) is 0. The Hall–Kier alpha value is -1.95. The molecule has 0 radical (unpaired) electrons. The van der Waals surface area contributed by atoms with Crippen LogP contribution in [0.4, 0.5) is 4.39 Å². The minimum atomic E-state index is -0.308. The highest BCUT2D eigenvalue weighted by molar-refractivity contribution is 7.71. The van der Waals surface area contributed by atoms with Gasteiger partial charge in [0.25, 0.3) is 10.7 Å². The van der Waals surface area contributed by atoms with E-state index < -0.39 is 0 Å². The quantitative estimate of drug-likeness (QED) is 0.637. The highest BCUT2D eigenvalue weighted by Gasteiger charge is 2.10. The zero-order valence-corrected chi connectivity index (χ0v) is 8.77. The molecule has 4 nitrogen and oxygen atoms in total. The van der Waals surface area contributed by atoms with Gasteiger partial charge in [0.15, 0.2) is 0 Å². The van der Waals surface area contributed by atoms with Crippen molar-refractivity contribution in [3.8, 4) is 11.6 Å². The normalized spacial score (nSPS) is 11.1. The smallest absolute Gasteiger partial charge is 0.284 e. The topological polar surface area (TPSA) is 57.6 Å². The lowest BCUT2D eigenvalue weighted by Gasteiger charge is -1.89. The molecule has 1 aromatic carbocycles. The van der Waals surface area contributed by atoms with E-state index in [0.29, 0.717) is 17.1 Å². The van der Waals surface area contributed by atoms with Gasteiger partial charge in [-0.25, -0.2) is 9.49 Å². The predicted molar refractivity (Wildman–Crippen MR) is 58.9 cm³/mol. The number of benzene rings is 1. The molecule has 0 atom stereocenters. The molecule has 0 aliphatic heterocycles. The molecule has 80 valence electrons. The van der Waals surface area contributed by atoms with E-state index in [2.05, 4.69) is 15.2 Å². The van der Waals surface area contributed by atoms with Gasteiger partial charge < -0.3 is 9.40 Å². The Morgan fingerprint density at radius 2 is 2.25 bits per heavy atom. The molecule has 0 bridgehead atoms. The molecule has 0 aliphatic carbocycles. The number of hydrogen-bond acceptors (Lipinski definition) is 3. The Kier molecular flexibility index (Phi) is 1.90. The molecular formula is C10H6FN3OS. The third-order valence-corrected chi connectivity index (χ3v) is 2.45. The summed E-state index contributed by atoms with van der Waals surface area (Å²) in [5, 5.41) is 7.13. The van der Waals surface area contributed by atoms with E-state index in [0.717, 1.165) is 5.39 Å². The van der Waals surface area contributed by atoms with E-state index in [9.17, 15) is 4.39 Å². The number of aromatic amines is 2. The summed E-state index contributed by atoms with van der Waals surface area (Å²) in [4.78, 5) is 3.08. The molecule has 3 rings (SSSR count). The second kappa shape index (κ2) is 3.28. The number of fused-ring (bicyclic) bond motifs is 1. The Bertz CT molecular complexity index is 712. The summed E-state index contributed by atoms with van der Waals surface area (Å²) in [6, 6.07) is 6.60. The lowest BCUT2D eigenvalue weighted by atomic mass is 10.2. The maximum atomic E-state index is 13.4. The van der Waals surface area contributed by atoms with Crippen molar-refractivity contribution in [1.29, 1.82) is 0 Å². The van der Waals surface area contributed by atoms with Crippen LogP contribution in [0.15, 0.2) is 28.7 Å². The van der Waals surface area contributed by atoms with Crippen molar-refractivity contribution in [1.82, 2.24) is 15.2 Å². The summed E-state index contributed by atoms with van der Waals surface area (Å²) >= 11 is 4.77. The number of hydrogen-bond donors (Lipinski definition) is 2. The molecule has 0 fully saturated rings. The first-order chi connectivity index (χ1) is 7.74. The maximum Gasteiger partial charge on any atom is 0.284 e. The van der Waals surface area contributed by atoms with Crippen molar-refractivity contribution in [2.75, 3.05) is 0 Å². The number of nitrogens with zero attached hydrogens (tertiary/aromatic N) is 1. The molecule has 0 spiro atoms. The van der Waals surface area contributed by atoms with Gasteiger partial charge in [-0.1, -0.05) is 12.1 Å². The van der Waals surface area contributed by atoms with E-state index in [1.54, 1.807) is 18.2 Å². The molecule has 0 aliphatic rings. The summed E-state index contributed by atoms with van der Waals surface area (Å²) in [5.41, 5.74) is 1.02. The summed E-state index contributed by atoms with van der Waals surface area (Å²) in [7, 11) is 0. The summed E-state index contributed by atoms with van der Waals surface area (Å²) in [5.74, 6) is 0.0125. The number of halogens is 1. The van der Waals surface area contributed by atoms with Crippen LogP contribution < -0.4 is 0 Å². The Balaban J connectivity index is 2.26. The van der Waals surface area contributed by atoms with Crippen LogP contribution in [0.5, 0.6) is 0 Å². The number of rotatable bonds is 1. The van der Waals surface area contributed by atoms with Gasteiger partial charge in [-0.05, 0) is 24.4 Å². The monoisotopic (exact) mass is 235 g/mol. The number of H-pyrrole nitrogens is 2. The average Bonchev–Trinajstić information content (AvgIpc) is 2.84. The summed E-state index contributed by atoms with van der Waals surface area (Å²) in [6.07, 6.45) is 0. The molecule has 0 unspecified atom stereocenters. The van der Waals surface area contributed by atoms with Crippen molar-refractivity contribution >= 4 is 23.1 Å². The second-order valence-corrected chi connectivity index (χ2v) is 3.68. The molecule has 2 heterocycles. The number of para-hydroxylation sites is 1. The standard InChI is InChI=1S/C10H6FN3OS/c11-6-3-1-2-5-4-7(12-8(5)6)9-13-14-10(16)15-9/h1-4,12H,(H,14,16). The van der Waals surface area contributed by atoms with Gasteiger partial charge in [0.2, 0.25) is 0 Å². The number of nitrogens with one attached hydrogen (secondary N) is 2. The minimum Gasteiger partial charge on any atom is -0.408 e. The molecule has 0 amide bonds. The van der Waals surface area contributed by atoms with E-state index >= 15 is 0 Å². The van der Waals surface area contributed by atoms with Crippen LogP contribution >= 0.6 is 12.2 Å². The third-order valence-electron chi connectivity index (χ3n) is 2.27. The van der Waals surface area contributed by atoms with Crippen LogP contribution in [0.3, 0.4) is 0 Å². The Labute approximate surface area is 94.1 Å². The van der Waals surface area contributed by atoms with Gasteiger partial charge in [-0.3, -0.25) is 0 Å². The largest absolute Gasteiger partial charge is 0.408 e. The van der Waals surface area contributed by atoms with E-state index in [4.69, 9.17) is 16.6 Å². The third kappa shape index (κ3) is 1.35. The first-order valence-corrected chi connectivity index (χ1v) is 4.98. The zero-order chi connectivity index (χ0) is 11.1. The van der Waals surface area contributed by atoms with Crippen molar-refractivity contribution in [3.63, 3.8) is 0 Å². The van der Waals surface area contributed by atoms with Crippen LogP contribution in [0.25, 0.3) is 22.5 Å². The molecule has 16 heavy (non-hydrogen) atoms. The van der Waals surface area contributed by atoms with Crippen LogP contribution in [0.1, 0.15) is 0 Å². The minimum absolute atomic E-state index is 0.189. The van der Waals surface area contributed by atoms with Crippen molar-refractivity contribution < 1.29 is 8.81 Å². The lowest BCUT2D eigenvalue weighted by molar-refractivity contribution is 0.550. The molecule has 6 heteroatoms. The van der Waals surface area contributed by atoms with E-state index in [-0.39, 0.29) is 10.7 Å². The fourth-order valence-corrected chi connectivity index (χ4v) is 1.70. The molecule has 0 saturated carbocycles. The Morgan fingerprint density at radius 1 is 1.38 bits per heavy atom. The van der Waals surface area contributed by atoms with E-state index in [1.165, 1.54) is 6.07 Å². The fraction of sp³-hybridized carbons (Fsp3) is 0. The second-order valence-electron chi connectivity index (χ2n) is 3.31. The molecule has 0 saturated heterocycles. The van der Waals surface area contributed by atoms with Gasteiger partial charge in [0.1, 0.15) is 11.5 Å². The van der Waals surface area contributed by atoms with Gasteiger partial charge in [-0.2, -0.15) is 0 Å². The SMILES string of the molecule is Fc1cccc2cc(-c3n[nH]c(=S)o3)[nH]c12. The van der Waals surface area contributed by atoms with Gasteiger partial charge in [-0.15, -0.1) is 5.10 Å². The van der Waals surface area contributed by atoms with Gasteiger partial charge in [0, 0.05) is 5.39 Å². The lowest BCUT2D eigenvalue weighted by Crippen LogP contribution is -1.78. The van der Waals surface area contributed by atoms with Crippen LogP contribution in [-0.4, -0.2) is 15.2 Å². The van der Waals surface area contributed by atoms with Crippen LogP contribution in [0.2, 0.25) is 0 Å². The first kappa shape index (κ1) is 9.29. The molecule has 3 aromatic rings. The van der Waals surface area contributed by atoms with E-state index in [1.807, 2.05) is 0 Å². The van der Waals surface area contributed by atoms with Crippen molar-refractivity contribution in [2.24, 2.45) is 0 Å². The highest BCUT2D eigenvalue weighted by Crippen LogP contribution is 2.24.